The summed E-state index contributed by atoms with van der Waals surface area (Å²) in [5.41, 5.74) is 3.25. The second-order valence-corrected chi connectivity index (χ2v) is 10.7. The van der Waals surface area contributed by atoms with Gasteiger partial charge in [-0.3, -0.25) is 18.9 Å². The molecular weight excluding hydrogens is 494 g/mol. The Bertz CT molecular complexity index is 1430. The second kappa shape index (κ2) is 10.9. The summed E-state index contributed by atoms with van der Waals surface area (Å²) in [6.45, 7) is 9.02. The molecule has 4 rings (SSSR count). The third kappa shape index (κ3) is 5.23. The molecule has 1 fully saturated rings. The molecule has 0 saturated carbocycles. The molecule has 0 radical (unpaired) electrons. The zero-order valence-electron chi connectivity index (χ0n) is 21.0. The van der Waals surface area contributed by atoms with E-state index in [4.69, 9.17) is 26.7 Å². The zero-order chi connectivity index (χ0) is 26.0. The maximum Gasteiger partial charge on any atom is 0.269 e. The molecule has 1 aliphatic heterocycles. The van der Waals surface area contributed by atoms with Gasteiger partial charge in [-0.15, -0.1) is 0 Å². The number of aromatic nitrogens is 2. The number of methoxy groups -OCH3 is 1. The summed E-state index contributed by atoms with van der Waals surface area (Å²) >= 11 is 6.62. The number of amides is 1. The third-order valence-corrected chi connectivity index (χ3v) is 7.30. The molecule has 0 bridgehead atoms. The summed E-state index contributed by atoms with van der Waals surface area (Å²) in [4.78, 5) is 33.4. The van der Waals surface area contributed by atoms with E-state index in [0.717, 1.165) is 16.7 Å². The highest BCUT2D eigenvalue weighted by atomic mass is 32.2. The first-order chi connectivity index (χ1) is 17.2. The number of thiocarbonyl (C=S) groups is 1. The van der Waals surface area contributed by atoms with Gasteiger partial charge in [0.15, 0.2) is 0 Å². The van der Waals surface area contributed by atoms with Crippen LogP contribution in [0.2, 0.25) is 0 Å². The van der Waals surface area contributed by atoms with Crippen molar-refractivity contribution in [1.82, 2.24) is 14.3 Å². The van der Waals surface area contributed by atoms with Gasteiger partial charge < -0.3 is 9.47 Å². The Morgan fingerprint density at radius 1 is 1.19 bits per heavy atom. The molecule has 36 heavy (non-hydrogen) atoms. The quantitative estimate of drug-likeness (QED) is 0.220. The van der Waals surface area contributed by atoms with Crippen molar-refractivity contribution in [3.8, 4) is 11.6 Å². The van der Waals surface area contributed by atoms with Crippen LogP contribution in [0.5, 0.6) is 11.6 Å². The van der Waals surface area contributed by atoms with Crippen LogP contribution >= 0.6 is 24.0 Å². The Hall–Kier alpha value is -3.01. The molecule has 188 valence electrons. The number of carbonyl (C=O) groups is 1. The molecular formula is C27H29N3O4S2. The lowest BCUT2D eigenvalue weighted by Crippen LogP contribution is -2.29. The molecule has 1 amide bonds. The summed E-state index contributed by atoms with van der Waals surface area (Å²) in [6.07, 6.45) is 3.89. The van der Waals surface area contributed by atoms with E-state index in [0.29, 0.717) is 40.2 Å². The summed E-state index contributed by atoms with van der Waals surface area (Å²) in [7, 11) is 1.62. The average Bonchev–Trinajstić information content (AvgIpc) is 3.09. The molecule has 1 saturated heterocycles. The highest BCUT2D eigenvalue weighted by molar-refractivity contribution is 8.26. The zero-order valence-corrected chi connectivity index (χ0v) is 22.7. The Kier molecular flexibility index (Phi) is 7.92. The van der Waals surface area contributed by atoms with Crippen LogP contribution in [0.1, 0.15) is 48.4 Å². The van der Waals surface area contributed by atoms with E-state index in [9.17, 15) is 9.59 Å². The van der Waals surface area contributed by atoms with Gasteiger partial charge in [0, 0.05) is 26.5 Å². The third-order valence-electron chi connectivity index (χ3n) is 5.93. The van der Waals surface area contributed by atoms with Crippen LogP contribution in [0.25, 0.3) is 11.7 Å². The minimum Gasteiger partial charge on any atom is -0.438 e. The van der Waals surface area contributed by atoms with E-state index in [2.05, 4.69) is 13.8 Å². The smallest absolute Gasteiger partial charge is 0.269 e. The van der Waals surface area contributed by atoms with Crippen LogP contribution in [-0.2, 0) is 9.53 Å². The number of ether oxygens (including phenoxy) is 2. The van der Waals surface area contributed by atoms with E-state index >= 15 is 0 Å². The van der Waals surface area contributed by atoms with Gasteiger partial charge in [-0.2, -0.15) is 4.98 Å². The van der Waals surface area contributed by atoms with Crippen LogP contribution in [0, 0.1) is 13.8 Å². The molecule has 0 spiro atoms. The molecule has 3 heterocycles. The Labute approximate surface area is 220 Å². The molecule has 1 aromatic carbocycles. The first-order valence-corrected chi connectivity index (χ1v) is 13.0. The molecule has 0 unspecified atom stereocenters. The number of carbonyl (C=O) groups excluding carboxylic acids is 1. The maximum absolute atomic E-state index is 13.7. The summed E-state index contributed by atoms with van der Waals surface area (Å²) in [5, 5.41) is 0. The van der Waals surface area contributed by atoms with Crippen molar-refractivity contribution in [1.29, 1.82) is 0 Å². The Morgan fingerprint density at radius 2 is 1.97 bits per heavy atom. The van der Waals surface area contributed by atoms with Crippen molar-refractivity contribution < 1.29 is 14.3 Å². The lowest BCUT2D eigenvalue weighted by Gasteiger charge is -2.16. The maximum atomic E-state index is 13.7. The van der Waals surface area contributed by atoms with Crippen LogP contribution in [0.15, 0.2) is 46.2 Å². The van der Waals surface area contributed by atoms with Gasteiger partial charge in [0.2, 0.25) is 5.88 Å². The number of nitrogens with zero attached hydrogens (tertiary/aromatic N) is 3. The minimum absolute atomic E-state index is 0.159. The predicted molar refractivity (Wildman–Crippen MR) is 148 cm³/mol. The van der Waals surface area contributed by atoms with Crippen molar-refractivity contribution in [2.45, 2.75) is 40.0 Å². The molecule has 9 heteroatoms. The van der Waals surface area contributed by atoms with Crippen molar-refractivity contribution in [3.63, 3.8) is 0 Å². The lowest BCUT2D eigenvalue weighted by molar-refractivity contribution is -0.122. The molecule has 3 aromatic rings. The molecule has 0 atom stereocenters. The molecule has 7 nitrogen and oxygen atoms in total. The van der Waals surface area contributed by atoms with E-state index in [1.54, 1.807) is 30.3 Å². The number of fused-ring (bicyclic) bond motifs is 1. The van der Waals surface area contributed by atoms with Crippen LogP contribution in [-0.4, -0.2) is 44.8 Å². The molecule has 0 N–H and O–H groups in total. The van der Waals surface area contributed by atoms with Crippen molar-refractivity contribution in [2.75, 3.05) is 20.3 Å². The van der Waals surface area contributed by atoms with Crippen molar-refractivity contribution in [3.05, 3.63) is 74.0 Å². The summed E-state index contributed by atoms with van der Waals surface area (Å²) in [6, 6.07) is 9.69. The molecule has 0 aliphatic carbocycles. The van der Waals surface area contributed by atoms with Gasteiger partial charge in [0.25, 0.3) is 11.5 Å². The molecule has 2 aromatic heterocycles. The van der Waals surface area contributed by atoms with E-state index in [1.165, 1.54) is 16.2 Å². The van der Waals surface area contributed by atoms with Gasteiger partial charge in [-0.05, 0) is 61.1 Å². The number of pyridine rings is 1. The normalized spacial score (nSPS) is 15.1. The number of rotatable bonds is 8. The van der Waals surface area contributed by atoms with E-state index < -0.39 is 0 Å². The highest BCUT2D eigenvalue weighted by Gasteiger charge is 2.32. The van der Waals surface area contributed by atoms with Gasteiger partial charge in [-0.25, -0.2) is 0 Å². The van der Waals surface area contributed by atoms with Gasteiger partial charge in [0.05, 0.1) is 4.91 Å². The Morgan fingerprint density at radius 3 is 2.69 bits per heavy atom. The number of benzene rings is 1. The fourth-order valence-electron chi connectivity index (χ4n) is 4.00. The SMILES string of the molecule is COCCCN1C(=O)/C(=C\c2c(Oc3cc(C)ccc3C(C)C)nc3c(C)cccn3c2=O)SC1=S. The van der Waals surface area contributed by atoms with Crippen LogP contribution in [0.4, 0.5) is 0 Å². The highest BCUT2D eigenvalue weighted by Crippen LogP contribution is 2.36. The van der Waals surface area contributed by atoms with Crippen molar-refractivity contribution >= 4 is 45.9 Å². The topological polar surface area (TPSA) is 73.1 Å². The van der Waals surface area contributed by atoms with E-state index in [-0.39, 0.29) is 28.8 Å². The van der Waals surface area contributed by atoms with Gasteiger partial charge in [0.1, 0.15) is 21.3 Å². The Balaban J connectivity index is 1.85. The lowest BCUT2D eigenvalue weighted by atomic mass is 10.0. The first-order valence-electron chi connectivity index (χ1n) is 11.8. The largest absolute Gasteiger partial charge is 0.438 e. The monoisotopic (exact) mass is 523 g/mol. The summed E-state index contributed by atoms with van der Waals surface area (Å²) in [5.74, 6) is 0.762. The van der Waals surface area contributed by atoms with E-state index in [1.807, 2.05) is 38.1 Å². The van der Waals surface area contributed by atoms with Crippen molar-refractivity contribution in [2.24, 2.45) is 0 Å². The number of aryl methyl sites for hydroxylation is 2. The fourth-order valence-corrected chi connectivity index (χ4v) is 5.29. The number of hydrogen-bond acceptors (Lipinski definition) is 7. The standard InChI is InChI=1S/C27H29N3O4S2/c1-16(2)19-10-9-17(3)14-21(19)34-24-20(25(31)29-11-6-8-18(4)23(29)28-24)15-22-26(32)30(27(35)36-22)12-7-13-33-5/h6,8-11,14-16H,7,12-13H2,1-5H3/b22-15+. The minimum atomic E-state index is -0.317. The van der Waals surface area contributed by atoms with Gasteiger partial charge in [-0.1, -0.05) is 56.0 Å². The molecule has 1 aliphatic rings. The second-order valence-electron chi connectivity index (χ2n) is 9.00. The fraction of sp³-hybridized carbons (Fsp3) is 0.333. The first kappa shape index (κ1) is 26.1. The van der Waals surface area contributed by atoms with Crippen LogP contribution < -0.4 is 10.3 Å². The average molecular weight is 524 g/mol. The summed E-state index contributed by atoms with van der Waals surface area (Å²) < 4.78 is 13.4. The predicted octanol–water partition coefficient (Wildman–Crippen LogP) is 5.46. The van der Waals surface area contributed by atoms with Crippen LogP contribution in [0.3, 0.4) is 0 Å². The number of thioether (sulfide) groups is 1. The van der Waals surface area contributed by atoms with Gasteiger partial charge >= 0.3 is 0 Å². The number of hydrogen-bond donors (Lipinski definition) is 0.